The molecule has 0 aromatic heterocycles. The van der Waals surface area contributed by atoms with Crippen LogP contribution >= 0.6 is 0 Å². The Hall–Kier alpha value is -2.77. The number of hydrogen-bond donors (Lipinski definition) is 0. The first-order valence-electron chi connectivity index (χ1n) is 5.67. The Balaban J connectivity index is 2.35. The zero-order valence-corrected chi connectivity index (χ0v) is 10.8. The minimum Gasteiger partial charge on any atom is -0.347 e. The molecule has 20 heavy (non-hydrogen) atoms. The molecule has 1 heterocycles. The maximum Gasteiger partial charge on any atom is 0.270 e. The van der Waals surface area contributed by atoms with Gasteiger partial charge in [-0.3, -0.25) is 29.4 Å². The summed E-state index contributed by atoms with van der Waals surface area (Å²) in [5.41, 5.74) is -0.242. The number of rotatable bonds is 3. The number of carbonyl (C=O) groups is 3. The van der Waals surface area contributed by atoms with Crippen molar-refractivity contribution in [3.05, 3.63) is 39.4 Å². The number of likely N-dealkylation sites (N-methyl/N-ethyl adjacent to an activating group) is 1. The zero-order chi connectivity index (χ0) is 15.0. The fraction of sp³-hybridized carbons (Fsp3) is 0.250. The van der Waals surface area contributed by atoms with E-state index in [9.17, 15) is 24.5 Å². The number of amides is 3. The average molecular weight is 277 g/mol. The van der Waals surface area contributed by atoms with Gasteiger partial charge in [0.15, 0.2) is 0 Å². The molecular formula is C12H11N3O5. The highest BCUT2D eigenvalue weighted by Gasteiger charge is 2.37. The lowest BCUT2D eigenvalue weighted by molar-refractivity contribution is -0.384. The quantitative estimate of drug-likeness (QED) is 0.448. The van der Waals surface area contributed by atoms with Crippen molar-refractivity contribution in [2.45, 2.75) is 0 Å². The number of nitro benzene ring substituents is 1. The Morgan fingerprint density at radius 3 is 2.40 bits per heavy atom. The molecule has 8 nitrogen and oxygen atoms in total. The lowest BCUT2D eigenvalue weighted by Crippen LogP contribution is -2.39. The van der Waals surface area contributed by atoms with E-state index >= 15 is 0 Å². The number of carbonyl (C=O) groups excluding carboxylic acids is 3. The number of nitrogens with zero attached hydrogens (tertiary/aromatic N) is 3. The molecule has 1 aromatic carbocycles. The SMILES string of the molecule is CN(C)C(=O)CN1C(=O)c2ccc([N+](=O)[O-])cc2C1=O. The normalized spacial score (nSPS) is 13.4. The number of fused-ring (bicyclic) bond motifs is 1. The Bertz CT molecular complexity index is 638. The van der Waals surface area contributed by atoms with Crippen LogP contribution in [0.15, 0.2) is 18.2 Å². The third-order valence-electron chi connectivity index (χ3n) is 2.96. The van der Waals surface area contributed by atoms with Gasteiger partial charge >= 0.3 is 0 Å². The highest BCUT2D eigenvalue weighted by molar-refractivity contribution is 6.22. The van der Waals surface area contributed by atoms with E-state index in [0.29, 0.717) is 0 Å². The average Bonchev–Trinajstić information content (AvgIpc) is 2.63. The fourth-order valence-corrected chi connectivity index (χ4v) is 1.81. The molecule has 1 aliphatic heterocycles. The molecule has 8 heteroatoms. The van der Waals surface area contributed by atoms with E-state index in [0.717, 1.165) is 17.0 Å². The van der Waals surface area contributed by atoms with Crippen LogP contribution in [0.2, 0.25) is 0 Å². The molecule has 0 fully saturated rings. The maximum atomic E-state index is 12.1. The number of hydrogen-bond acceptors (Lipinski definition) is 5. The van der Waals surface area contributed by atoms with Crippen LogP contribution in [-0.2, 0) is 4.79 Å². The van der Waals surface area contributed by atoms with Gasteiger partial charge in [-0.1, -0.05) is 0 Å². The third kappa shape index (κ3) is 2.11. The summed E-state index contributed by atoms with van der Waals surface area (Å²) in [7, 11) is 3.01. The fourth-order valence-electron chi connectivity index (χ4n) is 1.81. The molecular weight excluding hydrogens is 266 g/mol. The Morgan fingerprint density at radius 1 is 1.25 bits per heavy atom. The van der Waals surface area contributed by atoms with E-state index in [1.54, 1.807) is 0 Å². The molecule has 0 spiro atoms. The van der Waals surface area contributed by atoms with Crippen LogP contribution in [-0.4, -0.2) is 53.1 Å². The topological polar surface area (TPSA) is 101 Å². The van der Waals surface area contributed by atoms with E-state index in [-0.39, 0.29) is 23.4 Å². The highest BCUT2D eigenvalue weighted by atomic mass is 16.6. The van der Waals surface area contributed by atoms with Crippen molar-refractivity contribution >= 4 is 23.4 Å². The summed E-state index contributed by atoms with van der Waals surface area (Å²) in [6.07, 6.45) is 0. The molecule has 1 aromatic rings. The number of nitro groups is 1. The molecule has 2 rings (SSSR count). The van der Waals surface area contributed by atoms with Crippen LogP contribution in [0.3, 0.4) is 0 Å². The van der Waals surface area contributed by atoms with E-state index in [1.165, 1.54) is 25.1 Å². The standard InChI is InChI=1S/C12H11N3O5/c1-13(2)10(16)6-14-11(17)8-4-3-7(15(19)20)5-9(8)12(14)18/h3-5H,6H2,1-2H3. The van der Waals surface area contributed by atoms with Crippen molar-refractivity contribution in [1.29, 1.82) is 0 Å². The second-order valence-corrected chi connectivity index (χ2v) is 4.47. The van der Waals surface area contributed by atoms with Gasteiger partial charge in [-0.25, -0.2) is 0 Å². The van der Waals surface area contributed by atoms with E-state index in [4.69, 9.17) is 0 Å². The number of non-ortho nitro benzene ring substituents is 1. The van der Waals surface area contributed by atoms with Gasteiger partial charge < -0.3 is 4.90 Å². The largest absolute Gasteiger partial charge is 0.347 e. The van der Waals surface area contributed by atoms with Crippen LogP contribution in [0.1, 0.15) is 20.7 Å². The molecule has 0 unspecified atom stereocenters. The Morgan fingerprint density at radius 2 is 1.85 bits per heavy atom. The summed E-state index contributed by atoms with van der Waals surface area (Å²) in [5.74, 6) is -1.71. The first-order valence-corrected chi connectivity index (χ1v) is 5.67. The molecule has 0 N–H and O–H groups in total. The van der Waals surface area contributed by atoms with Crippen LogP contribution in [0.5, 0.6) is 0 Å². The van der Waals surface area contributed by atoms with Gasteiger partial charge in [-0.15, -0.1) is 0 Å². The highest BCUT2D eigenvalue weighted by Crippen LogP contribution is 2.26. The van der Waals surface area contributed by atoms with Gasteiger partial charge in [0.2, 0.25) is 5.91 Å². The second-order valence-electron chi connectivity index (χ2n) is 4.47. The minimum absolute atomic E-state index is 0.0456. The minimum atomic E-state index is -0.691. The van der Waals surface area contributed by atoms with Crippen molar-refractivity contribution in [3.8, 4) is 0 Å². The zero-order valence-electron chi connectivity index (χ0n) is 10.8. The van der Waals surface area contributed by atoms with E-state index < -0.39 is 22.6 Å². The summed E-state index contributed by atoms with van der Waals surface area (Å²) < 4.78 is 0. The van der Waals surface area contributed by atoms with Gasteiger partial charge in [0.25, 0.3) is 17.5 Å². The summed E-state index contributed by atoms with van der Waals surface area (Å²) in [5, 5.41) is 10.7. The van der Waals surface area contributed by atoms with Crippen molar-refractivity contribution in [2.75, 3.05) is 20.6 Å². The van der Waals surface area contributed by atoms with Crippen LogP contribution in [0.4, 0.5) is 5.69 Å². The molecule has 0 bridgehead atoms. The smallest absolute Gasteiger partial charge is 0.270 e. The summed E-state index contributed by atoms with van der Waals surface area (Å²) >= 11 is 0. The summed E-state index contributed by atoms with van der Waals surface area (Å²) in [6.45, 7) is -0.382. The van der Waals surface area contributed by atoms with Gasteiger partial charge in [0, 0.05) is 26.2 Å². The first-order chi connectivity index (χ1) is 9.32. The molecule has 1 aliphatic rings. The van der Waals surface area contributed by atoms with Gasteiger partial charge in [-0.2, -0.15) is 0 Å². The molecule has 0 saturated carbocycles. The maximum absolute atomic E-state index is 12.1. The predicted molar refractivity (Wildman–Crippen MR) is 67.2 cm³/mol. The van der Waals surface area contributed by atoms with Gasteiger partial charge in [-0.05, 0) is 6.07 Å². The van der Waals surface area contributed by atoms with Crippen LogP contribution < -0.4 is 0 Å². The molecule has 104 valence electrons. The van der Waals surface area contributed by atoms with E-state index in [1.807, 2.05) is 0 Å². The predicted octanol–water partition coefficient (Wildman–Crippen LogP) is 0.279. The second kappa shape index (κ2) is 4.72. The van der Waals surface area contributed by atoms with Gasteiger partial charge in [0.05, 0.1) is 16.1 Å². The molecule has 0 saturated heterocycles. The summed E-state index contributed by atoms with van der Waals surface area (Å²) in [6, 6.07) is 3.44. The van der Waals surface area contributed by atoms with Crippen molar-refractivity contribution < 1.29 is 19.3 Å². The Labute approximate surface area is 113 Å². The molecule has 0 atom stereocenters. The van der Waals surface area contributed by atoms with Crippen LogP contribution in [0, 0.1) is 10.1 Å². The van der Waals surface area contributed by atoms with Gasteiger partial charge in [0.1, 0.15) is 6.54 Å². The van der Waals surface area contributed by atoms with Crippen molar-refractivity contribution in [3.63, 3.8) is 0 Å². The van der Waals surface area contributed by atoms with Crippen molar-refractivity contribution in [1.82, 2.24) is 9.80 Å². The van der Waals surface area contributed by atoms with E-state index in [2.05, 4.69) is 0 Å². The summed E-state index contributed by atoms with van der Waals surface area (Å²) in [4.78, 5) is 47.7. The number of imide groups is 1. The monoisotopic (exact) mass is 277 g/mol. The lowest BCUT2D eigenvalue weighted by atomic mass is 10.1. The molecule has 3 amide bonds. The van der Waals surface area contributed by atoms with Crippen LogP contribution in [0.25, 0.3) is 0 Å². The molecule has 0 aliphatic carbocycles. The third-order valence-corrected chi connectivity index (χ3v) is 2.96. The first kappa shape index (κ1) is 13.7. The lowest BCUT2D eigenvalue weighted by Gasteiger charge is -2.16. The Kier molecular flexibility index (Phi) is 3.23. The molecule has 0 radical (unpaired) electrons. The van der Waals surface area contributed by atoms with Crippen molar-refractivity contribution in [2.24, 2.45) is 0 Å². The number of benzene rings is 1.